The molecular formula is C22H19N3O6. The first-order valence-corrected chi connectivity index (χ1v) is 9.25. The van der Waals surface area contributed by atoms with Crippen molar-refractivity contribution in [2.24, 2.45) is 0 Å². The molecule has 0 bridgehead atoms. The highest BCUT2D eigenvalue weighted by Gasteiger charge is 2.13. The quantitative estimate of drug-likeness (QED) is 0.426. The van der Waals surface area contributed by atoms with Crippen LogP contribution in [-0.4, -0.2) is 23.3 Å². The first kappa shape index (κ1) is 21.3. The normalized spacial score (nSPS) is 10.1. The third kappa shape index (κ3) is 6.29. The molecule has 31 heavy (non-hydrogen) atoms. The Kier molecular flexibility index (Phi) is 7.15. The van der Waals surface area contributed by atoms with Crippen LogP contribution in [0.15, 0.2) is 78.9 Å². The molecule has 0 heterocycles. The molecule has 3 aromatic rings. The number of hydrogen-bond acceptors (Lipinski definition) is 6. The van der Waals surface area contributed by atoms with E-state index in [0.29, 0.717) is 12.4 Å². The fourth-order valence-corrected chi connectivity index (χ4v) is 2.56. The van der Waals surface area contributed by atoms with Gasteiger partial charge < -0.3 is 9.47 Å². The van der Waals surface area contributed by atoms with Crippen molar-refractivity contribution in [3.63, 3.8) is 0 Å². The standard InChI is InChI=1S/C22H19N3O6/c26-21(15-30-18-12-10-17(11-13-18)25(28)29)23-24-22(27)19-8-4-5-9-20(19)31-14-16-6-2-1-3-7-16/h1-13H,14-15H2,(H,23,26)(H,24,27). The van der Waals surface area contributed by atoms with Gasteiger partial charge in [0.2, 0.25) is 0 Å². The number of benzene rings is 3. The number of rotatable bonds is 8. The van der Waals surface area contributed by atoms with Crippen molar-refractivity contribution in [2.45, 2.75) is 6.61 Å². The predicted molar refractivity (Wildman–Crippen MR) is 111 cm³/mol. The van der Waals surface area contributed by atoms with Gasteiger partial charge in [0.15, 0.2) is 6.61 Å². The number of nitro groups is 1. The smallest absolute Gasteiger partial charge is 0.276 e. The number of ether oxygens (including phenoxy) is 2. The molecule has 0 aromatic heterocycles. The van der Waals surface area contributed by atoms with Crippen LogP contribution >= 0.6 is 0 Å². The lowest BCUT2D eigenvalue weighted by Crippen LogP contribution is -2.43. The number of carbonyl (C=O) groups excluding carboxylic acids is 2. The molecular weight excluding hydrogens is 402 g/mol. The van der Waals surface area contributed by atoms with Crippen LogP contribution in [0.1, 0.15) is 15.9 Å². The van der Waals surface area contributed by atoms with Crippen LogP contribution in [0.5, 0.6) is 11.5 Å². The summed E-state index contributed by atoms with van der Waals surface area (Å²) < 4.78 is 11.0. The maximum atomic E-state index is 12.4. The number of nitro benzene ring substituents is 1. The molecule has 2 amide bonds. The zero-order valence-corrected chi connectivity index (χ0v) is 16.3. The van der Waals surface area contributed by atoms with Crippen LogP contribution in [0.25, 0.3) is 0 Å². The molecule has 0 radical (unpaired) electrons. The minimum absolute atomic E-state index is 0.0859. The Balaban J connectivity index is 1.49. The Morgan fingerprint density at radius 2 is 1.52 bits per heavy atom. The van der Waals surface area contributed by atoms with Crippen molar-refractivity contribution in [3.05, 3.63) is 100 Å². The first-order valence-electron chi connectivity index (χ1n) is 9.25. The van der Waals surface area contributed by atoms with Crippen LogP contribution in [0, 0.1) is 10.1 Å². The zero-order valence-electron chi connectivity index (χ0n) is 16.3. The molecule has 0 saturated heterocycles. The maximum absolute atomic E-state index is 12.4. The number of nitrogens with zero attached hydrogens (tertiary/aromatic N) is 1. The third-order valence-corrected chi connectivity index (χ3v) is 4.10. The molecule has 0 aliphatic rings. The monoisotopic (exact) mass is 421 g/mol. The highest BCUT2D eigenvalue weighted by Crippen LogP contribution is 2.19. The molecule has 9 heteroatoms. The predicted octanol–water partition coefficient (Wildman–Crippen LogP) is 3.01. The lowest BCUT2D eigenvalue weighted by atomic mass is 10.2. The minimum atomic E-state index is -0.602. The maximum Gasteiger partial charge on any atom is 0.276 e. The molecule has 0 aliphatic carbocycles. The second-order valence-corrected chi connectivity index (χ2v) is 6.31. The molecule has 3 rings (SSSR count). The van der Waals surface area contributed by atoms with Gasteiger partial charge in [-0.1, -0.05) is 42.5 Å². The van der Waals surface area contributed by atoms with Gasteiger partial charge in [-0.05, 0) is 29.8 Å². The molecule has 0 saturated carbocycles. The van der Waals surface area contributed by atoms with E-state index in [1.165, 1.54) is 24.3 Å². The average Bonchev–Trinajstić information content (AvgIpc) is 2.81. The summed E-state index contributed by atoms with van der Waals surface area (Å²) in [5.41, 5.74) is 5.69. The van der Waals surface area contributed by atoms with Gasteiger partial charge in [0.1, 0.15) is 18.1 Å². The van der Waals surface area contributed by atoms with E-state index in [2.05, 4.69) is 10.9 Å². The highest BCUT2D eigenvalue weighted by molar-refractivity contribution is 5.97. The van der Waals surface area contributed by atoms with Gasteiger partial charge in [0, 0.05) is 12.1 Å². The number of non-ortho nitro benzene ring substituents is 1. The molecule has 2 N–H and O–H groups in total. The lowest BCUT2D eigenvalue weighted by molar-refractivity contribution is -0.384. The summed E-state index contributed by atoms with van der Waals surface area (Å²) in [7, 11) is 0. The average molecular weight is 421 g/mol. The molecule has 9 nitrogen and oxygen atoms in total. The molecule has 3 aromatic carbocycles. The number of nitrogens with one attached hydrogen (secondary N) is 2. The molecule has 0 spiro atoms. The van der Waals surface area contributed by atoms with E-state index < -0.39 is 16.7 Å². The van der Waals surface area contributed by atoms with Gasteiger partial charge >= 0.3 is 0 Å². The molecule has 0 fully saturated rings. The highest BCUT2D eigenvalue weighted by atomic mass is 16.6. The number of hydrogen-bond donors (Lipinski definition) is 2. The van der Waals surface area contributed by atoms with E-state index in [0.717, 1.165) is 5.56 Å². The summed E-state index contributed by atoms with van der Waals surface area (Å²) in [6.45, 7) is -0.0924. The fourth-order valence-electron chi connectivity index (χ4n) is 2.56. The van der Waals surface area contributed by atoms with E-state index in [-0.39, 0.29) is 23.6 Å². The van der Waals surface area contributed by atoms with Crippen LogP contribution in [0.4, 0.5) is 5.69 Å². The fraction of sp³-hybridized carbons (Fsp3) is 0.0909. The van der Waals surface area contributed by atoms with E-state index in [1.54, 1.807) is 24.3 Å². The van der Waals surface area contributed by atoms with Crippen molar-refractivity contribution in [3.8, 4) is 11.5 Å². The summed E-state index contributed by atoms with van der Waals surface area (Å²) in [4.78, 5) is 34.5. The number of hydrazine groups is 1. The van der Waals surface area contributed by atoms with E-state index >= 15 is 0 Å². The minimum Gasteiger partial charge on any atom is -0.488 e. The van der Waals surface area contributed by atoms with Crippen molar-refractivity contribution in [2.75, 3.05) is 6.61 Å². The first-order chi connectivity index (χ1) is 15.0. The van der Waals surface area contributed by atoms with E-state index in [1.807, 2.05) is 30.3 Å². The Morgan fingerprint density at radius 1 is 0.839 bits per heavy atom. The molecule has 0 unspecified atom stereocenters. The molecule has 158 valence electrons. The molecule has 0 atom stereocenters. The van der Waals surface area contributed by atoms with E-state index in [9.17, 15) is 19.7 Å². The second kappa shape index (κ2) is 10.4. The summed E-state index contributed by atoms with van der Waals surface area (Å²) in [5.74, 6) is -0.492. The van der Waals surface area contributed by atoms with Crippen molar-refractivity contribution >= 4 is 17.5 Å². The Morgan fingerprint density at radius 3 is 2.23 bits per heavy atom. The molecule has 0 aliphatic heterocycles. The summed E-state index contributed by atoms with van der Waals surface area (Å²) >= 11 is 0. The van der Waals surface area contributed by atoms with E-state index in [4.69, 9.17) is 9.47 Å². The van der Waals surface area contributed by atoms with Crippen molar-refractivity contribution < 1.29 is 24.0 Å². The Labute approximate surface area is 177 Å². The summed E-state index contributed by atoms with van der Waals surface area (Å²) in [6.07, 6.45) is 0. The Hall–Kier alpha value is -4.40. The van der Waals surface area contributed by atoms with Crippen LogP contribution in [0.3, 0.4) is 0 Å². The number of carbonyl (C=O) groups is 2. The SMILES string of the molecule is O=C(COc1ccc([N+](=O)[O-])cc1)NNC(=O)c1ccccc1OCc1ccccc1. The number of amides is 2. The van der Waals surface area contributed by atoms with Gasteiger partial charge in [-0.2, -0.15) is 0 Å². The summed E-state index contributed by atoms with van der Waals surface area (Å²) in [5, 5.41) is 10.6. The van der Waals surface area contributed by atoms with Gasteiger partial charge in [-0.25, -0.2) is 0 Å². The van der Waals surface area contributed by atoms with Crippen molar-refractivity contribution in [1.29, 1.82) is 0 Å². The topological polar surface area (TPSA) is 120 Å². The number of para-hydroxylation sites is 1. The van der Waals surface area contributed by atoms with Gasteiger partial charge in [0.05, 0.1) is 10.5 Å². The lowest BCUT2D eigenvalue weighted by Gasteiger charge is -2.12. The van der Waals surface area contributed by atoms with Crippen LogP contribution < -0.4 is 20.3 Å². The van der Waals surface area contributed by atoms with Gasteiger partial charge in [0.25, 0.3) is 17.5 Å². The third-order valence-electron chi connectivity index (χ3n) is 4.10. The largest absolute Gasteiger partial charge is 0.488 e. The second-order valence-electron chi connectivity index (χ2n) is 6.31. The van der Waals surface area contributed by atoms with Gasteiger partial charge in [-0.15, -0.1) is 0 Å². The van der Waals surface area contributed by atoms with Crippen LogP contribution in [-0.2, 0) is 11.4 Å². The zero-order chi connectivity index (χ0) is 22.1. The summed E-state index contributed by atoms with van der Waals surface area (Å²) in [6, 6.07) is 21.5. The Bertz CT molecular complexity index is 1050. The van der Waals surface area contributed by atoms with Gasteiger partial charge in [-0.3, -0.25) is 30.6 Å². The van der Waals surface area contributed by atoms with Crippen molar-refractivity contribution in [1.82, 2.24) is 10.9 Å². The van der Waals surface area contributed by atoms with Crippen LogP contribution in [0.2, 0.25) is 0 Å².